The SMILES string of the molecule is C=C1NC2=C(C(=O)CC(c3ccc(OC)c(OC)c3)C2)C(c2ccc(OC)cc2OC)C1C(=O)OC. The first kappa shape index (κ1) is 25.2. The van der Waals surface area contributed by atoms with Gasteiger partial charge in [-0.25, -0.2) is 0 Å². The van der Waals surface area contributed by atoms with E-state index in [0.717, 1.165) is 11.3 Å². The molecule has 2 aliphatic rings. The number of methoxy groups -OCH3 is 5. The molecule has 0 saturated heterocycles. The highest BCUT2D eigenvalue weighted by Crippen LogP contribution is 2.50. The maximum atomic E-state index is 13.8. The number of rotatable bonds is 7. The third-order valence-electron chi connectivity index (χ3n) is 6.95. The van der Waals surface area contributed by atoms with Crippen molar-refractivity contribution >= 4 is 11.8 Å². The van der Waals surface area contributed by atoms with Crippen LogP contribution >= 0.6 is 0 Å². The summed E-state index contributed by atoms with van der Waals surface area (Å²) in [7, 11) is 7.62. The summed E-state index contributed by atoms with van der Waals surface area (Å²) in [4.78, 5) is 26.7. The van der Waals surface area contributed by atoms with Crippen LogP contribution in [-0.2, 0) is 14.3 Å². The van der Waals surface area contributed by atoms with Crippen LogP contribution in [0.15, 0.2) is 59.9 Å². The minimum atomic E-state index is -0.794. The Kier molecular flexibility index (Phi) is 7.24. The summed E-state index contributed by atoms with van der Waals surface area (Å²) in [5.74, 6) is 0.350. The highest BCUT2D eigenvalue weighted by Gasteiger charge is 2.46. The van der Waals surface area contributed by atoms with E-state index in [4.69, 9.17) is 23.7 Å². The summed E-state index contributed by atoms with van der Waals surface area (Å²) >= 11 is 0. The Morgan fingerprint density at radius 1 is 0.889 bits per heavy atom. The van der Waals surface area contributed by atoms with E-state index in [-0.39, 0.29) is 18.1 Å². The summed E-state index contributed by atoms with van der Waals surface area (Å²) in [5, 5.41) is 3.27. The fourth-order valence-corrected chi connectivity index (χ4v) is 5.21. The molecule has 0 aromatic heterocycles. The van der Waals surface area contributed by atoms with Crippen molar-refractivity contribution in [3.8, 4) is 23.0 Å². The molecule has 0 bridgehead atoms. The molecule has 0 radical (unpaired) electrons. The van der Waals surface area contributed by atoms with E-state index in [1.165, 1.54) is 7.11 Å². The van der Waals surface area contributed by atoms with Gasteiger partial charge < -0.3 is 29.0 Å². The maximum Gasteiger partial charge on any atom is 0.315 e. The molecule has 3 unspecified atom stereocenters. The number of ketones is 1. The van der Waals surface area contributed by atoms with E-state index in [9.17, 15) is 9.59 Å². The lowest BCUT2D eigenvalue weighted by Gasteiger charge is -2.40. The molecule has 36 heavy (non-hydrogen) atoms. The Labute approximate surface area is 210 Å². The normalized spacial score (nSPS) is 21.3. The minimum Gasteiger partial charge on any atom is -0.497 e. The molecule has 8 heteroatoms. The zero-order valence-electron chi connectivity index (χ0n) is 21.2. The van der Waals surface area contributed by atoms with Crippen molar-refractivity contribution in [3.63, 3.8) is 0 Å². The monoisotopic (exact) mass is 493 g/mol. The van der Waals surface area contributed by atoms with Crippen molar-refractivity contribution in [1.82, 2.24) is 5.32 Å². The smallest absolute Gasteiger partial charge is 0.315 e. The molecule has 0 amide bonds. The molecule has 1 heterocycles. The predicted octanol–water partition coefficient (Wildman–Crippen LogP) is 4.11. The molecule has 1 aliphatic carbocycles. The number of nitrogens with one attached hydrogen (secondary N) is 1. The van der Waals surface area contributed by atoms with Gasteiger partial charge in [-0.2, -0.15) is 0 Å². The average molecular weight is 494 g/mol. The second-order valence-electron chi connectivity index (χ2n) is 8.77. The topological polar surface area (TPSA) is 92.3 Å². The first-order valence-corrected chi connectivity index (χ1v) is 11.6. The molecular formula is C28H31NO7. The number of Topliss-reactive ketones (excluding diaryl/α,β-unsaturated/α-hetero) is 1. The Hall–Kier alpha value is -3.94. The van der Waals surface area contributed by atoms with Gasteiger partial charge in [-0.1, -0.05) is 18.7 Å². The molecule has 0 fully saturated rings. The number of carbonyl (C=O) groups is 2. The zero-order chi connectivity index (χ0) is 26.0. The first-order chi connectivity index (χ1) is 17.4. The molecule has 190 valence electrons. The van der Waals surface area contributed by atoms with Crippen LogP contribution in [0.5, 0.6) is 23.0 Å². The van der Waals surface area contributed by atoms with Crippen LogP contribution in [0.3, 0.4) is 0 Å². The summed E-state index contributed by atoms with van der Waals surface area (Å²) in [6, 6.07) is 11.1. The highest BCUT2D eigenvalue weighted by molar-refractivity contribution is 6.01. The van der Waals surface area contributed by atoms with E-state index >= 15 is 0 Å². The van der Waals surface area contributed by atoms with Gasteiger partial charge in [0.1, 0.15) is 17.4 Å². The van der Waals surface area contributed by atoms with Gasteiger partial charge in [0.15, 0.2) is 17.3 Å². The molecule has 3 atom stereocenters. The molecule has 4 rings (SSSR count). The standard InChI is InChI=1S/C28H31NO7/c1-15-25(28(31)36-6)26(19-9-8-18(32-2)14-23(19)34-4)27-20(29-15)11-17(12-21(27)30)16-7-10-22(33-3)24(13-16)35-5/h7-10,13-14,17,25-26,29H,1,11-12H2,2-6H3. The van der Waals surface area contributed by atoms with E-state index in [1.807, 2.05) is 24.3 Å². The number of hydrogen-bond donors (Lipinski definition) is 1. The summed E-state index contributed by atoms with van der Waals surface area (Å²) in [5.41, 5.74) is 3.44. The van der Waals surface area contributed by atoms with Gasteiger partial charge in [0, 0.05) is 40.9 Å². The lowest BCUT2D eigenvalue weighted by molar-refractivity contribution is -0.144. The van der Waals surface area contributed by atoms with Gasteiger partial charge in [0.05, 0.1) is 35.5 Å². The van der Waals surface area contributed by atoms with Crippen molar-refractivity contribution in [3.05, 3.63) is 71.1 Å². The number of allylic oxidation sites excluding steroid dienone is 2. The van der Waals surface area contributed by atoms with Crippen LogP contribution in [0.4, 0.5) is 0 Å². The molecule has 8 nitrogen and oxygen atoms in total. The molecule has 0 spiro atoms. The fourth-order valence-electron chi connectivity index (χ4n) is 5.21. The van der Waals surface area contributed by atoms with E-state index in [2.05, 4.69) is 11.9 Å². The lowest BCUT2D eigenvalue weighted by atomic mass is 9.68. The summed E-state index contributed by atoms with van der Waals surface area (Å²) in [6.45, 7) is 4.13. The van der Waals surface area contributed by atoms with Crippen LogP contribution in [0.1, 0.15) is 35.8 Å². The second-order valence-corrected chi connectivity index (χ2v) is 8.77. The van der Waals surface area contributed by atoms with E-state index in [0.29, 0.717) is 46.3 Å². The number of ether oxygens (including phenoxy) is 5. The molecule has 1 aliphatic heterocycles. The van der Waals surface area contributed by atoms with Crippen LogP contribution in [-0.4, -0.2) is 47.3 Å². The van der Waals surface area contributed by atoms with Gasteiger partial charge in [-0.15, -0.1) is 0 Å². The molecule has 0 saturated carbocycles. The predicted molar refractivity (Wildman–Crippen MR) is 134 cm³/mol. The number of esters is 1. The Morgan fingerprint density at radius 3 is 2.25 bits per heavy atom. The van der Waals surface area contributed by atoms with Crippen LogP contribution in [0.25, 0.3) is 0 Å². The van der Waals surface area contributed by atoms with Gasteiger partial charge in [-0.3, -0.25) is 9.59 Å². The Bertz CT molecular complexity index is 1230. The van der Waals surface area contributed by atoms with Gasteiger partial charge in [-0.05, 0) is 36.1 Å². The van der Waals surface area contributed by atoms with Crippen LogP contribution < -0.4 is 24.3 Å². The van der Waals surface area contributed by atoms with Crippen LogP contribution in [0.2, 0.25) is 0 Å². The van der Waals surface area contributed by atoms with Crippen molar-refractivity contribution < 1.29 is 33.3 Å². The van der Waals surface area contributed by atoms with Crippen molar-refractivity contribution in [1.29, 1.82) is 0 Å². The van der Waals surface area contributed by atoms with Gasteiger partial charge in [0.2, 0.25) is 0 Å². The largest absolute Gasteiger partial charge is 0.497 e. The van der Waals surface area contributed by atoms with E-state index in [1.54, 1.807) is 40.6 Å². The Morgan fingerprint density at radius 2 is 1.61 bits per heavy atom. The minimum absolute atomic E-state index is 0.0483. The number of hydrogen-bond acceptors (Lipinski definition) is 8. The third-order valence-corrected chi connectivity index (χ3v) is 6.95. The molecular weight excluding hydrogens is 462 g/mol. The first-order valence-electron chi connectivity index (χ1n) is 11.6. The van der Waals surface area contributed by atoms with Crippen LogP contribution in [0, 0.1) is 5.92 Å². The van der Waals surface area contributed by atoms with Crippen molar-refractivity contribution in [2.75, 3.05) is 35.5 Å². The zero-order valence-corrected chi connectivity index (χ0v) is 21.2. The lowest BCUT2D eigenvalue weighted by Crippen LogP contribution is -2.42. The number of benzene rings is 2. The van der Waals surface area contributed by atoms with Crippen molar-refractivity contribution in [2.45, 2.75) is 24.7 Å². The molecule has 2 aromatic carbocycles. The molecule has 1 N–H and O–H groups in total. The van der Waals surface area contributed by atoms with Gasteiger partial charge >= 0.3 is 5.97 Å². The van der Waals surface area contributed by atoms with E-state index < -0.39 is 17.8 Å². The maximum absolute atomic E-state index is 13.8. The molecule has 2 aromatic rings. The van der Waals surface area contributed by atoms with Crippen molar-refractivity contribution in [2.24, 2.45) is 5.92 Å². The third kappa shape index (κ3) is 4.39. The number of carbonyl (C=O) groups excluding carboxylic acids is 2. The second kappa shape index (κ2) is 10.4. The quantitative estimate of drug-likeness (QED) is 0.576. The highest BCUT2D eigenvalue weighted by atomic mass is 16.5. The Balaban J connectivity index is 1.82. The summed E-state index contributed by atoms with van der Waals surface area (Å²) in [6.07, 6.45) is 0.851. The fraction of sp³-hybridized carbons (Fsp3) is 0.357. The summed E-state index contributed by atoms with van der Waals surface area (Å²) < 4.78 is 26.9. The van der Waals surface area contributed by atoms with Gasteiger partial charge in [0.25, 0.3) is 0 Å². The average Bonchev–Trinajstić information content (AvgIpc) is 2.90.